The molecule has 1 aromatic carbocycles. The van der Waals surface area contributed by atoms with E-state index in [2.05, 4.69) is 48.7 Å². The number of aromatic nitrogens is 2. The van der Waals surface area contributed by atoms with E-state index in [0.717, 1.165) is 12.8 Å². The van der Waals surface area contributed by atoms with Gasteiger partial charge in [-0.15, -0.1) is 0 Å². The molecule has 0 aliphatic rings. The van der Waals surface area contributed by atoms with E-state index in [1.165, 1.54) is 22.3 Å². The quantitative estimate of drug-likeness (QED) is 0.892. The van der Waals surface area contributed by atoms with Crippen LogP contribution in [-0.4, -0.2) is 16.8 Å². The summed E-state index contributed by atoms with van der Waals surface area (Å²) in [7, 11) is 3.99. The van der Waals surface area contributed by atoms with Crippen LogP contribution in [0.3, 0.4) is 0 Å². The minimum atomic E-state index is 0.402. The number of nitrogens with zero attached hydrogens (tertiary/aromatic N) is 2. The zero-order chi connectivity index (χ0) is 13.8. The van der Waals surface area contributed by atoms with E-state index in [1.807, 2.05) is 25.0 Å². The van der Waals surface area contributed by atoms with Crippen molar-refractivity contribution >= 4 is 0 Å². The van der Waals surface area contributed by atoms with E-state index in [-0.39, 0.29) is 0 Å². The smallest absolute Gasteiger partial charge is 0.0521 e. The van der Waals surface area contributed by atoms with Gasteiger partial charge in [0.15, 0.2) is 0 Å². The van der Waals surface area contributed by atoms with Crippen molar-refractivity contribution in [3.63, 3.8) is 0 Å². The number of rotatable bonds is 5. The Kier molecular flexibility index (Phi) is 4.38. The number of hydrogen-bond acceptors (Lipinski definition) is 2. The second kappa shape index (κ2) is 6.02. The van der Waals surface area contributed by atoms with Gasteiger partial charge in [-0.3, -0.25) is 4.68 Å². The van der Waals surface area contributed by atoms with Gasteiger partial charge in [0.05, 0.1) is 6.20 Å². The lowest BCUT2D eigenvalue weighted by molar-refractivity contribution is 0.549. The molecular formula is C16H23N3. The molecule has 1 aromatic heterocycles. The Bertz CT molecular complexity index is 543. The summed E-state index contributed by atoms with van der Waals surface area (Å²) in [4.78, 5) is 0. The third kappa shape index (κ3) is 3.44. The average molecular weight is 257 g/mol. The van der Waals surface area contributed by atoms with Gasteiger partial charge in [-0.2, -0.15) is 5.10 Å². The molecule has 0 saturated heterocycles. The van der Waals surface area contributed by atoms with Crippen LogP contribution in [0.5, 0.6) is 0 Å². The Hall–Kier alpha value is -1.61. The van der Waals surface area contributed by atoms with Crippen LogP contribution in [0, 0.1) is 13.8 Å². The summed E-state index contributed by atoms with van der Waals surface area (Å²) in [6.07, 6.45) is 6.18. The highest BCUT2D eigenvalue weighted by Gasteiger charge is 2.10. The lowest BCUT2D eigenvalue weighted by atomic mass is 9.97. The lowest BCUT2D eigenvalue weighted by Crippen LogP contribution is -2.17. The lowest BCUT2D eigenvalue weighted by Gasteiger charge is -2.17. The van der Waals surface area contributed by atoms with Gasteiger partial charge in [-0.25, -0.2) is 0 Å². The van der Waals surface area contributed by atoms with Crippen LogP contribution in [0.1, 0.15) is 34.7 Å². The van der Waals surface area contributed by atoms with Crippen LogP contribution in [0.25, 0.3) is 0 Å². The Morgan fingerprint density at radius 2 is 2.05 bits per heavy atom. The van der Waals surface area contributed by atoms with Gasteiger partial charge in [-0.05, 0) is 56.0 Å². The van der Waals surface area contributed by atoms with Crippen molar-refractivity contribution in [2.24, 2.45) is 7.05 Å². The molecule has 0 amide bonds. The normalized spacial score (nSPS) is 12.6. The second-order valence-electron chi connectivity index (χ2n) is 5.25. The molecule has 19 heavy (non-hydrogen) atoms. The fourth-order valence-electron chi connectivity index (χ4n) is 2.37. The largest absolute Gasteiger partial charge is 0.313 e. The van der Waals surface area contributed by atoms with Gasteiger partial charge in [0.1, 0.15) is 0 Å². The highest BCUT2D eigenvalue weighted by atomic mass is 15.2. The van der Waals surface area contributed by atoms with Crippen LogP contribution in [0.2, 0.25) is 0 Å². The summed E-state index contributed by atoms with van der Waals surface area (Å²) >= 11 is 0. The van der Waals surface area contributed by atoms with Gasteiger partial charge in [-0.1, -0.05) is 18.2 Å². The number of aryl methyl sites for hydroxylation is 4. The molecule has 0 spiro atoms. The second-order valence-corrected chi connectivity index (χ2v) is 5.25. The minimum Gasteiger partial charge on any atom is -0.313 e. The molecule has 1 N–H and O–H groups in total. The van der Waals surface area contributed by atoms with Gasteiger partial charge >= 0.3 is 0 Å². The predicted octanol–water partition coefficient (Wildman–Crippen LogP) is 2.93. The van der Waals surface area contributed by atoms with Crippen LogP contribution >= 0.6 is 0 Å². The molecule has 3 heteroatoms. The van der Waals surface area contributed by atoms with Crippen LogP contribution < -0.4 is 5.32 Å². The van der Waals surface area contributed by atoms with E-state index >= 15 is 0 Å². The predicted molar refractivity (Wildman–Crippen MR) is 79.2 cm³/mol. The molecule has 0 radical (unpaired) electrons. The first-order chi connectivity index (χ1) is 9.10. The number of benzene rings is 1. The number of nitrogens with one attached hydrogen (secondary N) is 1. The Morgan fingerprint density at radius 1 is 1.26 bits per heavy atom. The van der Waals surface area contributed by atoms with Crippen molar-refractivity contribution in [3.05, 3.63) is 52.8 Å². The SMILES string of the molecule is CNC(CCc1cnn(C)c1)c1ccc(C)c(C)c1. The summed E-state index contributed by atoms with van der Waals surface area (Å²) in [5.74, 6) is 0. The van der Waals surface area contributed by atoms with Gasteiger partial charge in [0, 0.05) is 19.3 Å². The monoisotopic (exact) mass is 257 g/mol. The fraction of sp³-hybridized carbons (Fsp3) is 0.438. The molecule has 102 valence electrons. The molecule has 1 unspecified atom stereocenters. The maximum Gasteiger partial charge on any atom is 0.0521 e. The maximum absolute atomic E-state index is 4.22. The summed E-state index contributed by atoms with van der Waals surface area (Å²) in [5, 5.41) is 7.63. The van der Waals surface area contributed by atoms with E-state index < -0.39 is 0 Å². The summed E-state index contributed by atoms with van der Waals surface area (Å²) in [6.45, 7) is 4.33. The molecule has 0 saturated carbocycles. The molecule has 0 bridgehead atoms. The van der Waals surface area contributed by atoms with E-state index in [1.54, 1.807) is 0 Å². The molecule has 0 aliphatic heterocycles. The van der Waals surface area contributed by atoms with E-state index in [0.29, 0.717) is 6.04 Å². The highest BCUT2D eigenvalue weighted by Crippen LogP contribution is 2.21. The zero-order valence-corrected chi connectivity index (χ0v) is 12.3. The van der Waals surface area contributed by atoms with Crippen molar-refractivity contribution in [3.8, 4) is 0 Å². The van der Waals surface area contributed by atoms with Crippen LogP contribution in [0.15, 0.2) is 30.6 Å². The maximum atomic E-state index is 4.22. The van der Waals surface area contributed by atoms with E-state index in [4.69, 9.17) is 0 Å². The van der Waals surface area contributed by atoms with Gasteiger partial charge < -0.3 is 5.32 Å². The van der Waals surface area contributed by atoms with E-state index in [9.17, 15) is 0 Å². The molecule has 2 aromatic rings. The highest BCUT2D eigenvalue weighted by molar-refractivity contribution is 5.31. The van der Waals surface area contributed by atoms with Crippen LogP contribution in [-0.2, 0) is 13.5 Å². The van der Waals surface area contributed by atoms with Crippen molar-refractivity contribution in [1.29, 1.82) is 0 Å². The van der Waals surface area contributed by atoms with Gasteiger partial charge in [0.25, 0.3) is 0 Å². The Labute approximate surface area is 115 Å². The zero-order valence-electron chi connectivity index (χ0n) is 12.3. The summed E-state index contributed by atoms with van der Waals surface area (Å²) in [6, 6.07) is 7.13. The molecule has 2 rings (SSSR count). The molecular weight excluding hydrogens is 234 g/mol. The van der Waals surface area contributed by atoms with Crippen molar-refractivity contribution < 1.29 is 0 Å². The fourth-order valence-corrected chi connectivity index (χ4v) is 2.37. The Balaban J connectivity index is 2.05. The first-order valence-corrected chi connectivity index (χ1v) is 6.82. The summed E-state index contributed by atoms with van der Waals surface area (Å²) in [5.41, 5.74) is 5.38. The van der Waals surface area contributed by atoms with Crippen molar-refractivity contribution in [2.75, 3.05) is 7.05 Å². The van der Waals surface area contributed by atoms with Gasteiger partial charge in [0.2, 0.25) is 0 Å². The molecule has 0 aliphatic carbocycles. The minimum absolute atomic E-state index is 0.402. The average Bonchev–Trinajstić information content (AvgIpc) is 2.80. The molecule has 1 atom stereocenters. The van der Waals surface area contributed by atoms with Crippen molar-refractivity contribution in [1.82, 2.24) is 15.1 Å². The topological polar surface area (TPSA) is 29.9 Å². The molecule has 1 heterocycles. The summed E-state index contributed by atoms with van der Waals surface area (Å²) < 4.78 is 1.86. The first-order valence-electron chi connectivity index (χ1n) is 6.82. The van der Waals surface area contributed by atoms with Crippen molar-refractivity contribution in [2.45, 2.75) is 32.7 Å². The third-order valence-electron chi connectivity index (χ3n) is 3.76. The molecule has 3 nitrogen and oxygen atoms in total. The van der Waals surface area contributed by atoms with Crippen LogP contribution in [0.4, 0.5) is 0 Å². The first kappa shape index (κ1) is 13.8. The molecule has 0 fully saturated rings. The third-order valence-corrected chi connectivity index (χ3v) is 3.76. The number of hydrogen-bond donors (Lipinski definition) is 1. The standard InChI is InChI=1S/C16H23N3/c1-12-5-7-15(9-13(12)2)16(17-3)8-6-14-10-18-19(4)11-14/h5,7,9-11,16-17H,6,8H2,1-4H3. The Morgan fingerprint density at radius 3 is 2.63 bits per heavy atom.